The van der Waals surface area contributed by atoms with Crippen molar-refractivity contribution in [3.63, 3.8) is 0 Å². The highest BCUT2D eigenvalue weighted by Gasteiger charge is 2.28. The summed E-state index contributed by atoms with van der Waals surface area (Å²) in [4.78, 5) is 10.4. The second-order valence-corrected chi connectivity index (χ2v) is 6.87. The van der Waals surface area contributed by atoms with Gasteiger partial charge in [0, 0.05) is 18.2 Å². The zero-order chi connectivity index (χ0) is 14.2. The van der Waals surface area contributed by atoms with E-state index in [1.54, 1.807) is 6.07 Å². The molecule has 0 unspecified atom stereocenters. The number of sulfonamides is 1. The van der Waals surface area contributed by atoms with Gasteiger partial charge in [0.1, 0.15) is 0 Å². The van der Waals surface area contributed by atoms with Crippen LogP contribution in [0.5, 0.6) is 0 Å². The molecule has 0 radical (unpaired) electrons. The number of nitro benzene ring substituents is 1. The molecule has 1 aromatic carbocycles. The van der Waals surface area contributed by atoms with Crippen LogP contribution in [0.3, 0.4) is 0 Å². The molecule has 1 aliphatic rings. The van der Waals surface area contributed by atoms with Gasteiger partial charge in [0.25, 0.3) is 5.69 Å². The third-order valence-electron chi connectivity index (χ3n) is 2.94. The minimum atomic E-state index is -3.40. The van der Waals surface area contributed by atoms with Crippen LogP contribution < -0.4 is 4.72 Å². The number of nitro groups is 1. The molecule has 0 saturated heterocycles. The topological polar surface area (TPSA) is 89.3 Å². The van der Waals surface area contributed by atoms with Gasteiger partial charge in [-0.3, -0.25) is 10.1 Å². The quantitative estimate of drug-likeness (QED) is 0.667. The summed E-state index contributed by atoms with van der Waals surface area (Å²) in [5, 5.41) is 11.3. The Morgan fingerprint density at radius 2 is 2.11 bits per heavy atom. The number of hydrogen-bond donors (Lipinski definition) is 1. The van der Waals surface area contributed by atoms with Crippen molar-refractivity contribution >= 4 is 27.3 Å². The van der Waals surface area contributed by atoms with E-state index < -0.39 is 14.9 Å². The van der Waals surface area contributed by atoms with Gasteiger partial charge in [-0.15, -0.1) is 0 Å². The Balaban J connectivity index is 2.37. The lowest BCUT2D eigenvalue weighted by molar-refractivity contribution is -0.385. The number of halogens is 1. The molecule has 1 aromatic rings. The molecule has 104 valence electrons. The normalized spacial score (nSPS) is 15.5. The highest BCUT2D eigenvalue weighted by molar-refractivity contribution is 7.88. The Labute approximate surface area is 116 Å². The Morgan fingerprint density at radius 1 is 1.47 bits per heavy atom. The summed E-state index contributed by atoms with van der Waals surface area (Å²) < 4.78 is 24.4. The summed E-state index contributed by atoms with van der Waals surface area (Å²) in [6.07, 6.45) is 3.03. The lowest BCUT2D eigenvalue weighted by atomic mass is 10.1. The molecule has 1 aliphatic carbocycles. The SMILES string of the molecule is CS(=O)(=O)NCc1cc(C2CC2)c(Cl)cc1[N+](=O)[O-]. The fraction of sp³-hybridized carbons (Fsp3) is 0.455. The van der Waals surface area contributed by atoms with E-state index in [4.69, 9.17) is 11.6 Å². The van der Waals surface area contributed by atoms with Crippen molar-refractivity contribution in [3.05, 3.63) is 38.4 Å². The second kappa shape index (κ2) is 5.07. The van der Waals surface area contributed by atoms with Crippen molar-refractivity contribution in [1.82, 2.24) is 4.72 Å². The first-order valence-corrected chi connectivity index (χ1v) is 7.96. The van der Waals surface area contributed by atoms with Gasteiger partial charge >= 0.3 is 0 Å². The van der Waals surface area contributed by atoms with Gasteiger partial charge in [0.15, 0.2) is 0 Å². The predicted molar refractivity (Wildman–Crippen MR) is 71.8 cm³/mol. The Morgan fingerprint density at radius 3 is 2.58 bits per heavy atom. The van der Waals surface area contributed by atoms with E-state index in [9.17, 15) is 18.5 Å². The van der Waals surface area contributed by atoms with Crippen molar-refractivity contribution in [1.29, 1.82) is 0 Å². The van der Waals surface area contributed by atoms with Crippen molar-refractivity contribution in [3.8, 4) is 0 Å². The van der Waals surface area contributed by atoms with E-state index in [-0.39, 0.29) is 12.2 Å². The Kier molecular flexibility index (Phi) is 3.80. The van der Waals surface area contributed by atoms with Gasteiger partial charge in [0.2, 0.25) is 10.0 Å². The number of rotatable bonds is 5. The molecular weight excluding hydrogens is 292 g/mol. The monoisotopic (exact) mass is 304 g/mol. The van der Waals surface area contributed by atoms with Crippen LogP contribution in [0.25, 0.3) is 0 Å². The lowest BCUT2D eigenvalue weighted by Gasteiger charge is -2.08. The van der Waals surface area contributed by atoms with Crippen LogP contribution in [0.4, 0.5) is 5.69 Å². The molecule has 1 saturated carbocycles. The maximum atomic E-state index is 11.1. The minimum Gasteiger partial charge on any atom is -0.258 e. The first-order valence-electron chi connectivity index (χ1n) is 5.69. The molecule has 19 heavy (non-hydrogen) atoms. The van der Waals surface area contributed by atoms with Crippen LogP contribution >= 0.6 is 11.6 Å². The number of hydrogen-bond acceptors (Lipinski definition) is 4. The van der Waals surface area contributed by atoms with Gasteiger partial charge in [0.05, 0.1) is 16.2 Å². The second-order valence-electron chi connectivity index (χ2n) is 4.63. The fourth-order valence-corrected chi connectivity index (χ4v) is 2.58. The Bertz CT molecular complexity index is 626. The summed E-state index contributed by atoms with van der Waals surface area (Å²) in [5.41, 5.74) is 1.03. The number of benzene rings is 1. The summed E-state index contributed by atoms with van der Waals surface area (Å²) in [7, 11) is -3.40. The van der Waals surface area contributed by atoms with Crippen LogP contribution in [-0.4, -0.2) is 19.6 Å². The van der Waals surface area contributed by atoms with E-state index in [0.29, 0.717) is 16.5 Å². The zero-order valence-electron chi connectivity index (χ0n) is 10.2. The standard InChI is InChI=1S/C11H13ClN2O4S/c1-19(17,18)13-6-8-4-9(7-2-3-7)10(12)5-11(8)14(15)16/h4-5,7,13H,2-3,6H2,1H3. The maximum Gasteiger partial charge on any atom is 0.275 e. The molecule has 1 fully saturated rings. The molecule has 0 bridgehead atoms. The average molecular weight is 305 g/mol. The first-order chi connectivity index (χ1) is 8.78. The van der Waals surface area contributed by atoms with Crippen molar-refractivity contribution in [2.45, 2.75) is 25.3 Å². The van der Waals surface area contributed by atoms with Gasteiger partial charge in [-0.2, -0.15) is 0 Å². The Hall–Kier alpha value is -1.18. The van der Waals surface area contributed by atoms with Crippen molar-refractivity contribution in [2.75, 3.05) is 6.26 Å². The summed E-state index contributed by atoms with van der Waals surface area (Å²) >= 11 is 6.03. The van der Waals surface area contributed by atoms with Crippen LogP contribution in [0, 0.1) is 10.1 Å². The highest BCUT2D eigenvalue weighted by atomic mass is 35.5. The zero-order valence-corrected chi connectivity index (χ0v) is 11.8. The largest absolute Gasteiger partial charge is 0.275 e. The van der Waals surface area contributed by atoms with E-state index in [1.165, 1.54) is 6.07 Å². The third kappa shape index (κ3) is 3.65. The summed E-state index contributed by atoms with van der Waals surface area (Å²) in [5.74, 6) is 0.338. The highest BCUT2D eigenvalue weighted by Crippen LogP contribution is 2.44. The van der Waals surface area contributed by atoms with Gasteiger partial charge in [-0.05, 0) is 30.4 Å². The van der Waals surface area contributed by atoms with E-state index in [1.807, 2.05) is 0 Å². The van der Waals surface area contributed by atoms with Crippen LogP contribution in [0.15, 0.2) is 12.1 Å². The molecule has 8 heteroatoms. The number of nitrogens with zero attached hydrogens (tertiary/aromatic N) is 1. The maximum absolute atomic E-state index is 11.1. The molecule has 6 nitrogen and oxygen atoms in total. The van der Waals surface area contributed by atoms with Crippen LogP contribution in [0.1, 0.15) is 29.9 Å². The first kappa shape index (κ1) is 14.2. The minimum absolute atomic E-state index is 0.105. The predicted octanol–water partition coefficient (Wildman–Crippen LogP) is 2.17. The molecule has 0 amide bonds. The average Bonchev–Trinajstić information content (AvgIpc) is 3.09. The van der Waals surface area contributed by atoms with Gasteiger partial charge in [-0.1, -0.05) is 11.6 Å². The summed E-state index contributed by atoms with van der Waals surface area (Å²) in [6, 6.07) is 2.94. The van der Waals surface area contributed by atoms with Gasteiger partial charge < -0.3 is 0 Å². The van der Waals surface area contributed by atoms with Crippen molar-refractivity contribution in [2.24, 2.45) is 0 Å². The van der Waals surface area contributed by atoms with Crippen LogP contribution in [0.2, 0.25) is 5.02 Å². The van der Waals surface area contributed by atoms with Gasteiger partial charge in [-0.25, -0.2) is 13.1 Å². The van der Waals surface area contributed by atoms with E-state index >= 15 is 0 Å². The summed E-state index contributed by atoms with van der Waals surface area (Å²) in [6.45, 7) is -0.105. The smallest absolute Gasteiger partial charge is 0.258 e. The molecule has 0 spiro atoms. The lowest BCUT2D eigenvalue weighted by Crippen LogP contribution is -2.21. The molecule has 1 N–H and O–H groups in total. The molecular formula is C11H13ClN2O4S. The van der Waals surface area contributed by atoms with Crippen LogP contribution in [-0.2, 0) is 16.6 Å². The fourth-order valence-electron chi connectivity index (χ4n) is 1.85. The van der Waals surface area contributed by atoms with E-state index in [2.05, 4.69) is 4.72 Å². The van der Waals surface area contributed by atoms with E-state index in [0.717, 1.165) is 24.7 Å². The molecule has 2 rings (SSSR count). The molecule has 0 aliphatic heterocycles. The van der Waals surface area contributed by atoms with Crippen molar-refractivity contribution < 1.29 is 13.3 Å². The number of nitrogens with one attached hydrogen (secondary N) is 1. The molecule has 0 aromatic heterocycles. The molecule has 0 atom stereocenters. The third-order valence-corrected chi connectivity index (χ3v) is 3.93. The molecule has 0 heterocycles.